The number of anilines is 2. The van der Waals surface area contributed by atoms with E-state index in [-0.39, 0.29) is 23.3 Å². The van der Waals surface area contributed by atoms with Crippen molar-refractivity contribution in [3.63, 3.8) is 0 Å². The number of benzene rings is 1. The van der Waals surface area contributed by atoms with Gasteiger partial charge in [0.15, 0.2) is 5.69 Å². The van der Waals surface area contributed by atoms with Crippen molar-refractivity contribution in [3.8, 4) is 0 Å². The number of imidazole rings is 1. The first-order valence-corrected chi connectivity index (χ1v) is 9.13. The molecule has 3 rings (SSSR count). The van der Waals surface area contributed by atoms with Gasteiger partial charge in [-0.05, 0) is 51.1 Å². The molecule has 8 heteroatoms. The van der Waals surface area contributed by atoms with Crippen LogP contribution in [0.4, 0.5) is 11.4 Å². The highest BCUT2D eigenvalue weighted by Crippen LogP contribution is 2.18. The van der Waals surface area contributed by atoms with Crippen LogP contribution in [0.2, 0.25) is 0 Å². The summed E-state index contributed by atoms with van der Waals surface area (Å²) in [4.78, 5) is 41.1. The Hall–Kier alpha value is -3.68. The second-order valence-electron chi connectivity index (χ2n) is 7.66. The number of hydrogen-bond donors (Lipinski definition) is 3. The van der Waals surface area contributed by atoms with Crippen LogP contribution in [0.15, 0.2) is 48.7 Å². The van der Waals surface area contributed by atoms with Gasteiger partial charge in [-0.25, -0.2) is 4.98 Å². The van der Waals surface area contributed by atoms with E-state index in [4.69, 9.17) is 0 Å². The SMILES string of the molecule is CC(=O)Nc1cccc(NC(=O)c2nc(C(=O)NC(C)(C)C)c3ccccn23)c1. The molecule has 0 fully saturated rings. The van der Waals surface area contributed by atoms with Crippen LogP contribution in [-0.2, 0) is 4.79 Å². The second-order valence-corrected chi connectivity index (χ2v) is 7.66. The first-order chi connectivity index (χ1) is 13.6. The molecule has 0 radical (unpaired) electrons. The van der Waals surface area contributed by atoms with E-state index in [2.05, 4.69) is 20.9 Å². The van der Waals surface area contributed by atoms with Crippen LogP contribution in [0.25, 0.3) is 5.52 Å². The Bertz CT molecular complexity index is 1100. The van der Waals surface area contributed by atoms with Gasteiger partial charge in [0.05, 0.1) is 5.52 Å². The Balaban J connectivity index is 1.93. The van der Waals surface area contributed by atoms with Crippen molar-refractivity contribution >= 4 is 34.6 Å². The van der Waals surface area contributed by atoms with E-state index >= 15 is 0 Å². The van der Waals surface area contributed by atoms with Gasteiger partial charge in [0.2, 0.25) is 11.7 Å². The fraction of sp³-hybridized carbons (Fsp3) is 0.238. The second kappa shape index (κ2) is 7.75. The largest absolute Gasteiger partial charge is 0.346 e. The molecular formula is C21H23N5O3. The summed E-state index contributed by atoms with van der Waals surface area (Å²) in [6.45, 7) is 7.03. The maximum atomic E-state index is 12.9. The van der Waals surface area contributed by atoms with E-state index in [1.165, 1.54) is 6.92 Å². The number of nitrogens with zero attached hydrogens (tertiary/aromatic N) is 2. The van der Waals surface area contributed by atoms with Crippen molar-refractivity contribution < 1.29 is 14.4 Å². The number of aromatic nitrogens is 2. The van der Waals surface area contributed by atoms with Crippen molar-refractivity contribution in [2.45, 2.75) is 33.2 Å². The molecule has 1 aromatic carbocycles. The summed E-state index contributed by atoms with van der Waals surface area (Å²) in [7, 11) is 0. The third kappa shape index (κ3) is 4.78. The van der Waals surface area contributed by atoms with Crippen molar-refractivity contribution in [1.29, 1.82) is 0 Å². The highest BCUT2D eigenvalue weighted by atomic mass is 16.2. The molecule has 8 nitrogen and oxygen atoms in total. The van der Waals surface area contributed by atoms with E-state index in [9.17, 15) is 14.4 Å². The van der Waals surface area contributed by atoms with Crippen LogP contribution in [0.3, 0.4) is 0 Å². The lowest BCUT2D eigenvalue weighted by molar-refractivity contribution is -0.114. The topological polar surface area (TPSA) is 105 Å². The average Bonchev–Trinajstić information content (AvgIpc) is 3.00. The Labute approximate surface area is 168 Å². The molecule has 2 heterocycles. The molecule has 0 bridgehead atoms. The number of rotatable bonds is 4. The monoisotopic (exact) mass is 393 g/mol. The van der Waals surface area contributed by atoms with Gasteiger partial charge >= 0.3 is 0 Å². The van der Waals surface area contributed by atoms with Gasteiger partial charge in [0.1, 0.15) is 0 Å². The van der Waals surface area contributed by atoms with Gasteiger partial charge < -0.3 is 16.0 Å². The van der Waals surface area contributed by atoms with E-state index in [0.29, 0.717) is 16.9 Å². The Morgan fingerprint density at radius 2 is 1.62 bits per heavy atom. The first kappa shape index (κ1) is 20.1. The van der Waals surface area contributed by atoms with Crippen LogP contribution in [0.5, 0.6) is 0 Å². The zero-order valence-corrected chi connectivity index (χ0v) is 16.7. The quantitative estimate of drug-likeness (QED) is 0.633. The average molecular weight is 393 g/mol. The van der Waals surface area contributed by atoms with Crippen molar-refractivity contribution in [2.24, 2.45) is 0 Å². The molecular weight excluding hydrogens is 370 g/mol. The summed E-state index contributed by atoms with van der Waals surface area (Å²) in [5.74, 6) is -0.944. The number of fused-ring (bicyclic) bond motifs is 1. The molecule has 2 aromatic heterocycles. The van der Waals surface area contributed by atoms with E-state index < -0.39 is 11.4 Å². The molecule has 3 N–H and O–H groups in total. The third-order valence-electron chi connectivity index (χ3n) is 3.90. The minimum atomic E-state index is -0.471. The number of hydrogen-bond acceptors (Lipinski definition) is 4. The van der Waals surface area contributed by atoms with Crippen LogP contribution in [-0.4, -0.2) is 32.6 Å². The highest BCUT2D eigenvalue weighted by Gasteiger charge is 2.24. The summed E-state index contributed by atoms with van der Waals surface area (Å²) in [5.41, 5.74) is 1.33. The van der Waals surface area contributed by atoms with E-state index in [1.54, 1.807) is 53.1 Å². The molecule has 3 amide bonds. The number of carbonyl (C=O) groups excluding carboxylic acids is 3. The fourth-order valence-corrected chi connectivity index (χ4v) is 2.83. The molecule has 0 spiro atoms. The molecule has 0 unspecified atom stereocenters. The standard InChI is InChI=1S/C21H23N5O3/c1-13(27)22-14-8-7-9-15(12-14)23-20(29)18-24-17(19(28)25-21(2,3)4)16-10-5-6-11-26(16)18/h5-12H,1-4H3,(H,22,27)(H,23,29)(H,25,28). The van der Waals surface area contributed by atoms with Gasteiger partial charge in [0.25, 0.3) is 11.8 Å². The predicted octanol–water partition coefficient (Wildman–Crippen LogP) is 3.07. The maximum absolute atomic E-state index is 12.9. The molecule has 0 aliphatic carbocycles. The molecule has 0 aliphatic heterocycles. The molecule has 0 atom stereocenters. The number of nitrogens with one attached hydrogen (secondary N) is 3. The molecule has 29 heavy (non-hydrogen) atoms. The molecule has 150 valence electrons. The third-order valence-corrected chi connectivity index (χ3v) is 3.90. The summed E-state index contributed by atoms with van der Waals surface area (Å²) < 4.78 is 1.57. The predicted molar refractivity (Wildman–Crippen MR) is 111 cm³/mol. The van der Waals surface area contributed by atoms with Gasteiger partial charge in [-0.15, -0.1) is 0 Å². The summed E-state index contributed by atoms with van der Waals surface area (Å²) in [6, 6.07) is 12.1. The van der Waals surface area contributed by atoms with Gasteiger partial charge in [0, 0.05) is 30.0 Å². The van der Waals surface area contributed by atoms with Crippen molar-refractivity contribution in [2.75, 3.05) is 10.6 Å². The number of pyridine rings is 1. The molecule has 0 saturated carbocycles. The van der Waals surface area contributed by atoms with Crippen LogP contribution in [0, 0.1) is 0 Å². The Morgan fingerprint density at radius 1 is 0.931 bits per heavy atom. The lowest BCUT2D eigenvalue weighted by Crippen LogP contribution is -2.40. The van der Waals surface area contributed by atoms with Crippen LogP contribution >= 0.6 is 0 Å². The van der Waals surface area contributed by atoms with Gasteiger partial charge in [-0.3, -0.25) is 18.8 Å². The highest BCUT2D eigenvalue weighted by molar-refractivity contribution is 6.06. The normalized spacial score (nSPS) is 11.2. The minimum Gasteiger partial charge on any atom is -0.346 e. The Morgan fingerprint density at radius 3 is 2.28 bits per heavy atom. The zero-order valence-electron chi connectivity index (χ0n) is 16.7. The van der Waals surface area contributed by atoms with E-state index in [1.807, 2.05) is 20.8 Å². The smallest absolute Gasteiger partial charge is 0.292 e. The number of carbonyl (C=O) groups is 3. The van der Waals surface area contributed by atoms with Gasteiger partial charge in [-0.2, -0.15) is 0 Å². The zero-order chi connectivity index (χ0) is 21.2. The first-order valence-electron chi connectivity index (χ1n) is 9.13. The fourth-order valence-electron chi connectivity index (χ4n) is 2.83. The lowest BCUT2D eigenvalue weighted by atomic mass is 10.1. The summed E-state index contributed by atoms with van der Waals surface area (Å²) in [5, 5.41) is 8.29. The van der Waals surface area contributed by atoms with E-state index in [0.717, 1.165) is 0 Å². The van der Waals surface area contributed by atoms with Crippen molar-refractivity contribution in [3.05, 3.63) is 60.2 Å². The Kier molecular flexibility index (Phi) is 5.36. The van der Waals surface area contributed by atoms with Crippen LogP contribution in [0.1, 0.15) is 48.8 Å². The number of amides is 3. The molecule has 0 saturated heterocycles. The molecule has 0 aliphatic rings. The lowest BCUT2D eigenvalue weighted by Gasteiger charge is -2.19. The summed E-state index contributed by atoms with van der Waals surface area (Å²) in [6.07, 6.45) is 1.68. The molecule has 3 aromatic rings. The summed E-state index contributed by atoms with van der Waals surface area (Å²) >= 11 is 0. The van der Waals surface area contributed by atoms with Gasteiger partial charge in [-0.1, -0.05) is 12.1 Å². The maximum Gasteiger partial charge on any atom is 0.292 e. The van der Waals surface area contributed by atoms with Crippen molar-refractivity contribution in [1.82, 2.24) is 14.7 Å². The van der Waals surface area contributed by atoms with Crippen LogP contribution < -0.4 is 16.0 Å². The minimum absolute atomic E-state index is 0.0876.